The maximum atomic E-state index is 5.89. The summed E-state index contributed by atoms with van der Waals surface area (Å²) >= 11 is 0. The van der Waals surface area contributed by atoms with Crippen LogP contribution >= 0.6 is 0 Å². The second kappa shape index (κ2) is 5.74. The second-order valence-corrected chi connectivity index (χ2v) is 3.93. The maximum absolute atomic E-state index is 5.89. The molecule has 0 spiro atoms. The van der Waals surface area contributed by atoms with Gasteiger partial charge in [0.1, 0.15) is 11.3 Å². The molecule has 7 nitrogen and oxygen atoms in total. The van der Waals surface area contributed by atoms with Gasteiger partial charge in [0.2, 0.25) is 0 Å². The second-order valence-electron chi connectivity index (χ2n) is 3.93. The van der Waals surface area contributed by atoms with Crippen molar-refractivity contribution in [1.29, 1.82) is 0 Å². The molecule has 2 rings (SSSR count). The van der Waals surface area contributed by atoms with Gasteiger partial charge in [0, 0.05) is 6.61 Å². The maximum Gasteiger partial charge on any atom is 0.263 e. The number of nitrogens with two attached hydrogens (primary N) is 1. The highest BCUT2D eigenvalue weighted by Gasteiger charge is 2.18. The van der Waals surface area contributed by atoms with Gasteiger partial charge in [-0.3, -0.25) is 0 Å². The monoisotopic (exact) mass is 252 g/mol. The highest BCUT2D eigenvalue weighted by molar-refractivity contribution is 5.53. The summed E-state index contributed by atoms with van der Waals surface area (Å²) in [4.78, 5) is 4.21. The molecule has 18 heavy (non-hydrogen) atoms. The van der Waals surface area contributed by atoms with Crippen molar-refractivity contribution in [1.82, 2.24) is 15.3 Å². The van der Waals surface area contributed by atoms with Crippen LogP contribution in [-0.4, -0.2) is 28.5 Å². The Kier molecular flexibility index (Phi) is 4.06. The fraction of sp³-hybridized carbons (Fsp3) is 0.545. The van der Waals surface area contributed by atoms with Gasteiger partial charge in [-0.2, -0.15) is 4.98 Å². The van der Waals surface area contributed by atoms with Crippen molar-refractivity contribution in [2.45, 2.75) is 26.3 Å². The SMILES string of the molecule is CCCOCC(N)c1noc(-c2cnoc2C)n1. The summed E-state index contributed by atoms with van der Waals surface area (Å²) in [6, 6.07) is -0.394. The van der Waals surface area contributed by atoms with E-state index in [0.717, 1.165) is 6.42 Å². The first kappa shape index (κ1) is 12.7. The van der Waals surface area contributed by atoms with Gasteiger partial charge in [-0.1, -0.05) is 17.2 Å². The number of ether oxygens (including phenoxy) is 1. The van der Waals surface area contributed by atoms with E-state index in [9.17, 15) is 0 Å². The molecule has 0 aliphatic carbocycles. The molecule has 0 fully saturated rings. The van der Waals surface area contributed by atoms with E-state index in [4.69, 9.17) is 19.5 Å². The third kappa shape index (κ3) is 2.74. The van der Waals surface area contributed by atoms with Crippen molar-refractivity contribution in [2.75, 3.05) is 13.2 Å². The van der Waals surface area contributed by atoms with Crippen molar-refractivity contribution in [3.8, 4) is 11.5 Å². The Balaban J connectivity index is 2.04. The van der Waals surface area contributed by atoms with E-state index in [2.05, 4.69) is 15.3 Å². The van der Waals surface area contributed by atoms with E-state index in [1.54, 1.807) is 6.92 Å². The predicted molar refractivity (Wildman–Crippen MR) is 62.6 cm³/mol. The first-order valence-corrected chi connectivity index (χ1v) is 5.81. The summed E-state index contributed by atoms with van der Waals surface area (Å²) < 4.78 is 15.4. The Morgan fingerprint density at radius 1 is 1.44 bits per heavy atom. The number of hydrogen-bond acceptors (Lipinski definition) is 7. The lowest BCUT2D eigenvalue weighted by atomic mass is 10.3. The average Bonchev–Trinajstić information content (AvgIpc) is 2.97. The number of aromatic nitrogens is 3. The van der Waals surface area contributed by atoms with Crippen LogP contribution in [0.25, 0.3) is 11.5 Å². The van der Waals surface area contributed by atoms with E-state index in [1.807, 2.05) is 6.92 Å². The van der Waals surface area contributed by atoms with Crippen LogP contribution in [0.5, 0.6) is 0 Å². The highest BCUT2D eigenvalue weighted by Crippen LogP contribution is 2.21. The van der Waals surface area contributed by atoms with Crippen LogP contribution in [0.15, 0.2) is 15.2 Å². The molecule has 1 unspecified atom stereocenters. The van der Waals surface area contributed by atoms with Gasteiger partial charge in [0.15, 0.2) is 5.82 Å². The third-order valence-electron chi connectivity index (χ3n) is 2.40. The zero-order valence-corrected chi connectivity index (χ0v) is 10.4. The molecule has 0 radical (unpaired) electrons. The van der Waals surface area contributed by atoms with Crippen LogP contribution in [0, 0.1) is 6.92 Å². The first-order valence-electron chi connectivity index (χ1n) is 5.81. The largest absolute Gasteiger partial charge is 0.379 e. The van der Waals surface area contributed by atoms with Crippen molar-refractivity contribution in [3.05, 3.63) is 17.8 Å². The lowest BCUT2D eigenvalue weighted by molar-refractivity contribution is 0.119. The Morgan fingerprint density at radius 2 is 2.28 bits per heavy atom. The molecule has 98 valence electrons. The molecule has 0 aliphatic heterocycles. The molecule has 2 heterocycles. The number of hydrogen-bond donors (Lipinski definition) is 1. The van der Waals surface area contributed by atoms with Crippen LogP contribution in [0.3, 0.4) is 0 Å². The molecule has 0 bridgehead atoms. The number of rotatable bonds is 6. The smallest absolute Gasteiger partial charge is 0.263 e. The quantitative estimate of drug-likeness (QED) is 0.776. The van der Waals surface area contributed by atoms with Gasteiger partial charge in [-0.25, -0.2) is 0 Å². The van der Waals surface area contributed by atoms with E-state index >= 15 is 0 Å². The van der Waals surface area contributed by atoms with Gasteiger partial charge in [0.05, 0.1) is 18.8 Å². The van der Waals surface area contributed by atoms with Crippen LogP contribution in [0.1, 0.15) is 31.0 Å². The van der Waals surface area contributed by atoms with Crippen molar-refractivity contribution in [3.63, 3.8) is 0 Å². The molecule has 0 saturated heterocycles. The molecule has 2 aromatic heterocycles. The topological polar surface area (TPSA) is 100 Å². The number of aryl methyl sites for hydroxylation is 1. The molecular weight excluding hydrogens is 236 g/mol. The summed E-state index contributed by atoms with van der Waals surface area (Å²) in [6.45, 7) is 4.85. The van der Waals surface area contributed by atoms with Gasteiger partial charge in [0.25, 0.3) is 5.89 Å². The Morgan fingerprint density at radius 3 is 2.94 bits per heavy atom. The van der Waals surface area contributed by atoms with E-state index in [1.165, 1.54) is 6.20 Å². The molecule has 0 saturated carbocycles. The molecule has 0 aliphatic rings. The normalized spacial score (nSPS) is 12.8. The average molecular weight is 252 g/mol. The highest BCUT2D eigenvalue weighted by atomic mass is 16.5. The minimum Gasteiger partial charge on any atom is -0.379 e. The first-order chi connectivity index (χ1) is 8.72. The van der Waals surface area contributed by atoms with Crippen LogP contribution in [0.4, 0.5) is 0 Å². The minimum atomic E-state index is -0.394. The molecule has 0 amide bonds. The predicted octanol–water partition coefficient (Wildman–Crippen LogP) is 1.46. The zero-order valence-electron chi connectivity index (χ0n) is 10.4. The summed E-state index contributed by atoms with van der Waals surface area (Å²) in [6.07, 6.45) is 2.48. The van der Waals surface area contributed by atoms with Crippen molar-refractivity contribution < 1.29 is 13.8 Å². The van der Waals surface area contributed by atoms with Crippen LogP contribution < -0.4 is 5.73 Å². The van der Waals surface area contributed by atoms with E-state index < -0.39 is 6.04 Å². The number of nitrogens with zero attached hydrogens (tertiary/aromatic N) is 3. The molecule has 2 aromatic rings. The Hall–Kier alpha value is -1.73. The van der Waals surface area contributed by atoms with Crippen LogP contribution in [-0.2, 0) is 4.74 Å². The standard InChI is InChI=1S/C11H16N4O3/c1-3-4-16-6-9(12)10-14-11(18-15-10)8-5-13-17-7(8)2/h5,9H,3-4,6,12H2,1-2H3. The fourth-order valence-corrected chi connectivity index (χ4v) is 1.43. The van der Waals surface area contributed by atoms with Crippen molar-refractivity contribution >= 4 is 0 Å². The summed E-state index contributed by atoms with van der Waals surface area (Å²) in [5, 5.41) is 7.49. The van der Waals surface area contributed by atoms with E-state index in [0.29, 0.717) is 36.3 Å². The van der Waals surface area contributed by atoms with Gasteiger partial charge in [-0.05, 0) is 13.3 Å². The third-order valence-corrected chi connectivity index (χ3v) is 2.40. The summed E-state index contributed by atoms with van der Waals surface area (Å²) in [5.41, 5.74) is 6.57. The Bertz CT molecular complexity index is 494. The zero-order chi connectivity index (χ0) is 13.0. The minimum absolute atomic E-state index is 0.356. The lowest BCUT2D eigenvalue weighted by Gasteiger charge is -2.06. The van der Waals surface area contributed by atoms with Crippen molar-refractivity contribution in [2.24, 2.45) is 5.73 Å². The lowest BCUT2D eigenvalue weighted by Crippen LogP contribution is -2.18. The molecule has 1 atom stereocenters. The summed E-state index contributed by atoms with van der Waals surface area (Å²) in [5.74, 6) is 1.40. The van der Waals surface area contributed by atoms with Gasteiger partial charge < -0.3 is 19.5 Å². The van der Waals surface area contributed by atoms with E-state index in [-0.39, 0.29) is 0 Å². The molecule has 7 heteroatoms. The van der Waals surface area contributed by atoms with Gasteiger partial charge in [-0.15, -0.1) is 0 Å². The molecular formula is C11H16N4O3. The molecule has 0 aromatic carbocycles. The van der Waals surface area contributed by atoms with Gasteiger partial charge >= 0.3 is 0 Å². The summed E-state index contributed by atoms with van der Waals surface area (Å²) in [7, 11) is 0. The molecule has 2 N–H and O–H groups in total. The fourth-order valence-electron chi connectivity index (χ4n) is 1.43. The van der Waals surface area contributed by atoms with Crippen LogP contribution in [0.2, 0.25) is 0 Å². The Labute approximate surface area is 104 Å².